The lowest BCUT2D eigenvalue weighted by atomic mass is 10.0. The molecule has 2 aromatic heterocycles. The van der Waals surface area contributed by atoms with Crippen molar-refractivity contribution in [2.45, 2.75) is 33.2 Å². The van der Waals surface area contributed by atoms with Crippen LogP contribution in [-0.2, 0) is 17.8 Å². The number of carbonyl (C=O) groups excluding carboxylic acids is 1. The summed E-state index contributed by atoms with van der Waals surface area (Å²) in [6.07, 6.45) is 9.37. The zero-order valence-corrected chi connectivity index (χ0v) is 13.1. The quantitative estimate of drug-likeness (QED) is 0.863. The van der Waals surface area contributed by atoms with Crippen molar-refractivity contribution in [3.63, 3.8) is 0 Å². The molecule has 0 bridgehead atoms. The van der Waals surface area contributed by atoms with Gasteiger partial charge in [0.1, 0.15) is 0 Å². The molecule has 22 heavy (non-hydrogen) atoms. The van der Waals surface area contributed by atoms with Gasteiger partial charge in [-0.25, -0.2) is 0 Å². The summed E-state index contributed by atoms with van der Waals surface area (Å²) in [5.41, 5.74) is 2.83. The fraction of sp³-hybridized carbons (Fsp3) is 0.500. The van der Waals surface area contributed by atoms with Gasteiger partial charge in [0, 0.05) is 44.5 Å². The van der Waals surface area contributed by atoms with Crippen LogP contribution in [0.25, 0.3) is 11.3 Å². The first kappa shape index (κ1) is 14.7. The van der Waals surface area contributed by atoms with Gasteiger partial charge in [-0.15, -0.1) is 0 Å². The van der Waals surface area contributed by atoms with Gasteiger partial charge in [0.25, 0.3) is 0 Å². The highest BCUT2D eigenvalue weighted by atomic mass is 16.2. The topological polar surface area (TPSA) is 63.9 Å². The summed E-state index contributed by atoms with van der Waals surface area (Å²) in [5, 5.41) is 4.25. The zero-order valence-electron chi connectivity index (χ0n) is 13.1. The van der Waals surface area contributed by atoms with Crippen molar-refractivity contribution in [3.05, 3.63) is 30.5 Å². The monoisotopic (exact) mass is 299 g/mol. The second-order valence-electron chi connectivity index (χ2n) is 5.80. The third-order valence-electron chi connectivity index (χ3n) is 4.19. The van der Waals surface area contributed by atoms with Gasteiger partial charge in [0.05, 0.1) is 23.8 Å². The van der Waals surface area contributed by atoms with E-state index >= 15 is 0 Å². The van der Waals surface area contributed by atoms with Crippen LogP contribution in [0.3, 0.4) is 0 Å². The number of aryl methyl sites for hydroxylation is 1. The maximum Gasteiger partial charge on any atom is 0.219 e. The first-order valence-corrected chi connectivity index (χ1v) is 7.75. The number of likely N-dealkylation sites (tertiary alicyclic amines) is 1. The number of rotatable bonds is 4. The molecule has 1 aliphatic heterocycles. The molecule has 3 heterocycles. The Hall–Kier alpha value is -2.24. The largest absolute Gasteiger partial charge is 0.343 e. The Morgan fingerprint density at radius 1 is 1.32 bits per heavy atom. The molecule has 116 valence electrons. The Labute approximate surface area is 130 Å². The Kier molecular flexibility index (Phi) is 4.18. The molecule has 0 aromatic carbocycles. The van der Waals surface area contributed by atoms with Crippen LogP contribution in [0.5, 0.6) is 0 Å². The SMILES string of the molecule is CCn1cc(-c2cnc(CC3CCN(C(C)=O)C3)cn2)cn1. The van der Waals surface area contributed by atoms with Crippen LogP contribution >= 0.6 is 0 Å². The van der Waals surface area contributed by atoms with Crippen LogP contribution in [0.2, 0.25) is 0 Å². The second kappa shape index (κ2) is 6.25. The van der Waals surface area contributed by atoms with Crippen LogP contribution in [0.4, 0.5) is 0 Å². The number of hydrogen-bond donors (Lipinski definition) is 0. The van der Waals surface area contributed by atoms with Gasteiger partial charge in [-0.05, 0) is 25.7 Å². The van der Waals surface area contributed by atoms with Gasteiger partial charge in [-0.1, -0.05) is 0 Å². The molecule has 1 aliphatic rings. The molecule has 1 amide bonds. The first-order valence-electron chi connectivity index (χ1n) is 7.75. The van der Waals surface area contributed by atoms with E-state index in [4.69, 9.17) is 0 Å². The standard InChI is InChI=1S/C16H21N5O/c1-3-21-11-14(7-19-21)16-9-17-15(8-18-16)6-13-4-5-20(10-13)12(2)22/h7-9,11,13H,3-6,10H2,1-2H3. The molecule has 0 saturated carbocycles. The molecule has 1 unspecified atom stereocenters. The Bertz CT molecular complexity index is 649. The molecular formula is C16H21N5O. The lowest BCUT2D eigenvalue weighted by molar-refractivity contribution is -0.127. The van der Waals surface area contributed by atoms with Crippen LogP contribution in [0, 0.1) is 5.92 Å². The number of nitrogens with zero attached hydrogens (tertiary/aromatic N) is 5. The van der Waals surface area contributed by atoms with Gasteiger partial charge in [-0.3, -0.25) is 19.4 Å². The third kappa shape index (κ3) is 3.16. The average molecular weight is 299 g/mol. The number of aromatic nitrogens is 4. The van der Waals surface area contributed by atoms with E-state index in [1.54, 1.807) is 6.92 Å². The van der Waals surface area contributed by atoms with E-state index in [-0.39, 0.29) is 5.91 Å². The van der Waals surface area contributed by atoms with Gasteiger partial charge in [0.2, 0.25) is 5.91 Å². The molecule has 0 aliphatic carbocycles. The fourth-order valence-corrected chi connectivity index (χ4v) is 2.86. The smallest absolute Gasteiger partial charge is 0.219 e. The Morgan fingerprint density at radius 2 is 2.18 bits per heavy atom. The molecule has 3 rings (SSSR count). The van der Waals surface area contributed by atoms with E-state index < -0.39 is 0 Å². The third-order valence-corrected chi connectivity index (χ3v) is 4.19. The van der Waals surface area contributed by atoms with E-state index in [1.807, 2.05) is 34.4 Å². The summed E-state index contributed by atoms with van der Waals surface area (Å²) >= 11 is 0. The lowest BCUT2D eigenvalue weighted by Gasteiger charge is -2.13. The maximum absolute atomic E-state index is 11.4. The predicted molar refractivity (Wildman–Crippen MR) is 83.0 cm³/mol. The van der Waals surface area contributed by atoms with Gasteiger partial charge in [-0.2, -0.15) is 5.10 Å². The average Bonchev–Trinajstić information content (AvgIpc) is 3.17. The minimum Gasteiger partial charge on any atom is -0.343 e. The summed E-state index contributed by atoms with van der Waals surface area (Å²) in [6, 6.07) is 0. The molecule has 6 heteroatoms. The highest BCUT2D eigenvalue weighted by Gasteiger charge is 2.24. The van der Waals surface area contributed by atoms with Crippen LogP contribution in [0.1, 0.15) is 26.0 Å². The van der Waals surface area contributed by atoms with Crippen molar-refractivity contribution in [1.82, 2.24) is 24.6 Å². The van der Waals surface area contributed by atoms with E-state index in [0.717, 1.165) is 49.4 Å². The Balaban J connectivity index is 1.63. The molecular weight excluding hydrogens is 278 g/mol. The zero-order chi connectivity index (χ0) is 15.5. The van der Waals surface area contributed by atoms with Gasteiger partial charge >= 0.3 is 0 Å². The normalized spacial score (nSPS) is 17.9. The molecule has 2 aromatic rings. The van der Waals surface area contributed by atoms with Crippen molar-refractivity contribution in [1.29, 1.82) is 0 Å². The first-order chi connectivity index (χ1) is 10.7. The fourth-order valence-electron chi connectivity index (χ4n) is 2.86. The summed E-state index contributed by atoms with van der Waals surface area (Å²) in [5.74, 6) is 0.656. The minimum atomic E-state index is 0.164. The van der Waals surface area contributed by atoms with E-state index in [1.165, 1.54) is 0 Å². The van der Waals surface area contributed by atoms with Crippen molar-refractivity contribution in [2.24, 2.45) is 5.92 Å². The second-order valence-corrected chi connectivity index (χ2v) is 5.80. The van der Waals surface area contributed by atoms with Crippen LogP contribution in [-0.4, -0.2) is 43.6 Å². The molecule has 6 nitrogen and oxygen atoms in total. The number of hydrogen-bond acceptors (Lipinski definition) is 4. The number of carbonyl (C=O) groups is 1. The molecule has 0 radical (unpaired) electrons. The summed E-state index contributed by atoms with van der Waals surface area (Å²) < 4.78 is 1.87. The van der Waals surface area contributed by atoms with E-state index in [0.29, 0.717) is 5.92 Å². The molecule has 0 spiro atoms. The van der Waals surface area contributed by atoms with Crippen molar-refractivity contribution < 1.29 is 4.79 Å². The summed E-state index contributed by atoms with van der Waals surface area (Å²) in [6.45, 7) is 6.23. The predicted octanol–water partition coefficient (Wildman–Crippen LogP) is 1.77. The summed E-state index contributed by atoms with van der Waals surface area (Å²) in [7, 11) is 0. The van der Waals surface area contributed by atoms with E-state index in [9.17, 15) is 4.79 Å². The van der Waals surface area contributed by atoms with Crippen molar-refractivity contribution in [2.75, 3.05) is 13.1 Å². The van der Waals surface area contributed by atoms with Crippen LogP contribution in [0.15, 0.2) is 24.8 Å². The van der Waals surface area contributed by atoms with Crippen LogP contribution < -0.4 is 0 Å². The molecule has 1 fully saturated rings. The minimum absolute atomic E-state index is 0.164. The van der Waals surface area contributed by atoms with E-state index in [2.05, 4.69) is 22.0 Å². The van der Waals surface area contributed by atoms with Gasteiger partial charge in [0.15, 0.2) is 0 Å². The Morgan fingerprint density at radius 3 is 2.77 bits per heavy atom. The molecule has 1 atom stereocenters. The van der Waals surface area contributed by atoms with Gasteiger partial charge < -0.3 is 4.90 Å². The summed E-state index contributed by atoms with van der Waals surface area (Å²) in [4.78, 5) is 22.3. The number of amides is 1. The van der Waals surface area contributed by atoms with Crippen molar-refractivity contribution in [3.8, 4) is 11.3 Å². The van der Waals surface area contributed by atoms with Crippen molar-refractivity contribution >= 4 is 5.91 Å². The highest BCUT2D eigenvalue weighted by molar-refractivity contribution is 5.73. The maximum atomic E-state index is 11.4. The highest BCUT2D eigenvalue weighted by Crippen LogP contribution is 2.21. The molecule has 1 saturated heterocycles. The molecule has 0 N–H and O–H groups in total. The lowest BCUT2D eigenvalue weighted by Crippen LogP contribution is -2.26.